The van der Waals surface area contributed by atoms with Gasteiger partial charge >= 0.3 is 0 Å². The SMILES string of the molecule is O=Cc1ccc(S(=O)(=O)NCc2cccnn2)o1. The molecule has 0 fully saturated rings. The lowest BCUT2D eigenvalue weighted by Crippen LogP contribution is -2.23. The van der Waals surface area contributed by atoms with Crippen molar-refractivity contribution in [2.75, 3.05) is 0 Å². The topological polar surface area (TPSA) is 102 Å². The predicted molar refractivity (Wildman–Crippen MR) is 60.2 cm³/mol. The minimum atomic E-state index is -3.79. The number of hydrogen-bond acceptors (Lipinski definition) is 6. The Balaban J connectivity index is 2.10. The zero-order valence-corrected chi connectivity index (χ0v) is 9.92. The number of hydrogen-bond donors (Lipinski definition) is 1. The monoisotopic (exact) mass is 267 g/mol. The highest BCUT2D eigenvalue weighted by Gasteiger charge is 2.18. The molecule has 1 N–H and O–H groups in total. The van der Waals surface area contributed by atoms with Crippen LogP contribution in [-0.2, 0) is 16.6 Å². The molecule has 2 aromatic rings. The number of aldehydes is 1. The Labute approximate surface area is 103 Å². The van der Waals surface area contributed by atoms with Crippen molar-refractivity contribution in [2.45, 2.75) is 11.6 Å². The van der Waals surface area contributed by atoms with Crippen molar-refractivity contribution in [2.24, 2.45) is 0 Å². The predicted octanol–water partition coefficient (Wildman–Crippen LogP) is 0.361. The van der Waals surface area contributed by atoms with Gasteiger partial charge in [-0.15, -0.1) is 0 Å². The maximum atomic E-state index is 11.8. The Morgan fingerprint density at radius 1 is 1.33 bits per heavy atom. The molecule has 0 saturated carbocycles. The van der Waals surface area contributed by atoms with Gasteiger partial charge in [-0.25, -0.2) is 13.1 Å². The number of carbonyl (C=O) groups excluding carboxylic acids is 1. The number of sulfonamides is 1. The van der Waals surface area contributed by atoms with Crippen LogP contribution in [0.3, 0.4) is 0 Å². The third-order valence-corrected chi connectivity index (χ3v) is 3.33. The first-order valence-electron chi connectivity index (χ1n) is 4.93. The minimum absolute atomic E-state index is 0.00665. The van der Waals surface area contributed by atoms with Gasteiger partial charge in [-0.2, -0.15) is 10.2 Å². The maximum absolute atomic E-state index is 11.8. The van der Waals surface area contributed by atoms with Gasteiger partial charge in [-0.3, -0.25) is 4.79 Å². The van der Waals surface area contributed by atoms with E-state index in [1.165, 1.54) is 18.3 Å². The Morgan fingerprint density at radius 3 is 2.78 bits per heavy atom. The van der Waals surface area contributed by atoms with Crippen molar-refractivity contribution in [3.63, 3.8) is 0 Å². The highest BCUT2D eigenvalue weighted by molar-refractivity contribution is 7.89. The van der Waals surface area contributed by atoms with Crippen molar-refractivity contribution in [3.8, 4) is 0 Å². The molecule has 0 radical (unpaired) electrons. The van der Waals surface area contributed by atoms with Crippen LogP contribution in [0.15, 0.2) is 40.0 Å². The van der Waals surface area contributed by atoms with E-state index >= 15 is 0 Å². The number of nitrogens with one attached hydrogen (secondary N) is 1. The molecule has 7 nitrogen and oxygen atoms in total. The summed E-state index contributed by atoms with van der Waals surface area (Å²) in [5, 5.41) is 7.04. The smallest absolute Gasteiger partial charge is 0.274 e. The molecule has 0 aliphatic rings. The van der Waals surface area contributed by atoms with E-state index in [2.05, 4.69) is 14.9 Å². The highest BCUT2D eigenvalue weighted by Crippen LogP contribution is 2.12. The first kappa shape index (κ1) is 12.4. The van der Waals surface area contributed by atoms with Crippen LogP contribution in [-0.4, -0.2) is 24.9 Å². The van der Waals surface area contributed by atoms with Crippen LogP contribution in [0.25, 0.3) is 0 Å². The van der Waals surface area contributed by atoms with E-state index < -0.39 is 10.0 Å². The fraction of sp³-hybridized carbons (Fsp3) is 0.100. The van der Waals surface area contributed by atoms with E-state index in [-0.39, 0.29) is 17.4 Å². The second-order valence-corrected chi connectivity index (χ2v) is 5.01. The number of nitrogens with zero attached hydrogens (tertiary/aromatic N) is 2. The van der Waals surface area contributed by atoms with Gasteiger partial charge < -0.3 is 4.42 Å². The normalized spacial score (nSPS) is 11.3. The molecule has 0 saturated heterocycles. The largest absolute Gasteiger partial charge is 0.440 e. The summed E-state index contributed by atoms with van der Waals surface area (Å²) < 4.78 is 30.7. The lowest BCUT2D eigenvalue weighted by atomic mass is 10.4. The molecule has 0 amide bonds. The van der Waals surface area contributed by atoms with Crippen LogP contribution in [0.5, 0.6) is 0 Å². The number of furan rings is 1. The maximum Gasteiger partial charge on any atom is 0.274 e. The second kappa shape index (κ2) is 5.07. The van der Waals surface area contributed by atoms with Gasteiger partial charge in [-0.05, 0) is 24.3 Å². The summed E-state index contributed by atoms with van der Waals surface area (Å²) >= 11 is 0. The van der Waals surface area contributed by atoms with E-state index in [0.29, 0.717) is 12.0 Å². The molecule has 0 aliphatic carbocycles. The molecular weight excluding hydrogens is 258 g/mol. The van der Waals surface area contributed by atoms with Crippen LogP contribution in [0.2, 0.25) is 0 Å². The van der Waals surface area contributed by atoms with Gasteiger partial charge in [0.25, 0.3) is 10.0 Å². The average Bonchev–Trinajstić information content (AvgIpc) is 2.87. The van der Waals surface area contributed by atoms with Crippen molar-refractivity contribution >= 4 is 16.3 Å². The minimum Gasteiger partial charge on any atom is -0.440 e. The summed E-state index contributed by atoms with van der Waals surface area (Å²) in [5.41, 5.74) is 0.475. The summed E-state index contributed by atoms with van der Waals surface area (Å²) in [6, 6.07) is 5.77. The Hall–Kier alpha value is -2.06. The van der Waals surface area contributed by atoms with E-state index in [4.69, 9.17) is 4.42 Å². The molecule has 94 valence electrons. The number of carbonyl (C=O) groups is 1. The molecule has 0 atom stereocenters. The van der Waals surface area contributed by atoms with Crippen LogP contribution in [0, 0.1) is 0 Å². The first-order chi connectivity index (χ1) is 8.62. The van der Waals surface area contributed by atoms with Gasteiger partial charge in [0.1, 0.15) is 0 Å². The lowest BCUT2D eigenvalue weighted by Gasteiger charge is -2.02. The fourth-order valence-corrected chi connectivity index (χ4v) is 2.14. The molecular formula is C10H9N3O4S. The summed E-state index contributed by atoms with van der Waals surface area (Å²) in [5.74, 6) is -0.0464. The average molecular weight is 267 g/mol. The highest BCUT2D eigenvalue weighted by atomic mass is 32.2. The molecule has 0 bridgehead atoms. The van der Waals surface area contributed by atoms with Crippen LogP contribution >= 0.6 is 0 Å². The van der Waals surface area contributed by atoms with E-state index in [9.17, 15) is 13.2 Å². The summed E-state index contributed by atoms with van der Waals surface area (Å²) in [6.45, 7) is -0.00665. The second-order valence-electron chi connectivity index (χ2n) is 3.31. The van der Waals surface area contributed by atoms with Crippen LogP contribution in [0.1, 0.15) is 16.2 Å². The zero-order chi connectivity index (χ0) is 13.0. The number of aromatic nitrogens is 2. The molecule has 2 aromatic heterocycles. The fourth-order valence-electron chi connectivity index (χ4n) is 1.21. The zero-order valence-electron chi connectivity index (χ0n) is 9.11. The van der Waals surface area contributed by atoms with Crippen LogP contribution < -0.4 is 4.72 Å². The van der Waals surface area contributed by atoms with E-state index in [0.717, 1.165) is 0 Å². The molecule has 0 unspecified atom stereocenters. The molecule has 8 heteroatoms. The Kier molecular flexibility index (Phi) is 3.49. The summed E-state index contributed by atoms with van der Waals surface area (Å²) in [4.78, 5) is 10.4. The van der Waals surface area contributed by atoms with Gasteiger partial charge in [0.15, 0.2) is 12.0 Å². The molecule has 0 spiro atoms. The van der Waals surface area contributed by atoms with Crippen molar-refractivity contribution < 1.29 is 17.6 Å². The van der Waals surface area contributed by atoms with Gasteiger partial charge in [-0.1, -0.05) is 0 Å². The molecule has 0 aromatic carbocycles. The number of rotatable bonds is 5. The van der Waals surface area contributed by atoms with Crippen molar-refractivity contribution in [3.05, 3.63) is 41.9 Å². The molecule has 18 heavy (non-hydrogen) atoms. The van der Waals surface area contributed by atoms with Crippen molar-refractivity contribution in [1.29, 1.82) is 0 Å². The Morgan fingerprint density at radius 2 is 2.17 bits per heavy atom. The molecule has 2 heterocycles. The van der Waals surface area contributed by atoms with Crippen LogP contribution in [0.4, 0.5) is 0 Å². The van der Waals surface area contributed by atoms with Gasteiger partial charge in [0, 0.05) is 6.20 Å². The lowest BCUT2D eigenvalue weighted by molar-refractivity contribution is 0.109. The van der Waals surface area contributed by atoms with Crippen molar-refractivity contribution in [1.82, 2.24) is 14.9 Å². The molecule has 2 rings (SSSR count). The van der Waals surface area contributed by atoms with E-state index in [1.54, 1.807) is 12.1 Å². The summed E-state index contributed by atoms with van der Waals surface area (Å²) in [6.07, 6.45) is 1.92. The standard InChI is InChI=1S/C10H9N3O4S/c14-7-9-3-4-10(17-9)18(15,16)12-6-8-2-1-5-11-13-8/h1-5,7,12H,6H2. The first-order valence-corrected chi connectivity index (χ1v) is 6.41. The third kappa shape index (κ3) is 2.79. The molecule has 0 aliphatic heterocycles. The van der Waals surface area contributed by atoms with Gasteiger partial charge in [0.2, 0.25) is 5.09 Å². The Bertz CT molecular complexity index is 636. The van der Waals surface area contributed by atoms with E-state index in [1.807, 2.05) is 0 Å². The van der Waals surface area contributed by atoms with Gasteiger partial charge in [0.05, 0.1) is 12.2 Å². The third-order valence-electron chi connectivity index (χ3n) is 2.05. The quantitative estimate of drug-likeness (QED) is 0.785. The summed E-state index contributed by atoms with van der Waals surface area (Å²) in [7, 11) is -3.79.